The summed E-state index contributed by atoms with van der Waals surface area (Å²) in [7, 11) is 0. The molecule has 1 aromatic heterocycles. The predicted molar refractivity (Wildman–Crippen MR) is 73.2 cm³/mol. The lowest BCUT2D eigenvalue weighted by atomic mass is 10.3. The van der Waals surface area contributed by atoms with Crippen LogP contribution < -0.4 is 5.32 Å². The Morgan fingerprint density at radius 1 is 1.39 bits per heavy atom. The molecule has 0 spiro atoms. The lowest BCUT2D eigenvalue weighted by molar-refractivity contribution is 0.146. The van der Waals surface area contributed by atoms with Gasteiger partial charge in [0.05, 0.1) is 19.4 Å². The van der Waals surface area contributed by atoms with E-state index in [4.69, 9.17) is 21.7 Å². The van der Waals surface area contributed by atoms with Crippen molar-refractivity contribution in [3.05, 3.63) is 24.2 Å². The second-order valence-electron chi connectivity index (χ2n) is 4.29. The average Bonchev–Trinajstić information content (AvgIpc) is 2.90. The lowest BCUT2D eigenvalue weighted by Crippen LogP contribution is -2.51. The van der Waals surface area contributed by atoms with E-state index in [2.05, 4.69) is 15.1 Å². The Morgan fingerprint density at radius 2 is 2.17 bits per heavy atom. The molecule has 1 saturated heterocycles. The first-order valence-corrected chi connectivity index (χ1v) is 6.59. The summed E-state index contributed by atoms with van der Waals surface area (Å²) in [6.45, 7) is 5.31. The molecule has 1 aliphatic rings. The number of furan rings is 1. The van der Waals surface area contributed by atoms with Crippen LogP contribution in [-0.4, -0.2) is 59.3 Å². The van der Waals surface area contributed by atoms with Crippen molar-refractivity contribution in [2.75, 3.05) is 39.3 Å². The van der Waals surface area contributed by atoms with Gasteiger partial charge < -0.3 is 19.7 Å². The maximum Gasteiger partial charge on any atom is 0.169 e. The first kappa shape index (κ1) is 13.3. The maximum absolute atomic E-state index is 8.88. The molecule has 100 valence electrons. The molecule has 6 heteroatoms. The highest BCUT2D eigenvalue weighted by Gasteiger charge is 2.18. The molecule has 0 atom stereocenters. The normalized spacial score (nSPS) is 16.8. The van der Waals surface area contributed by atoms with Crippen molar-refractivity contribution in [1.29, 1.82) is 0 Å². The van der Waals surface area contributed by atoms with E-state index >= 15 is 0 Å². The van der Waals surface area contributed by atoms with E-state index in [1.165, 1.54) is 0 Å². The fraction of sp³-hybridized carbons (Fsp3) is 0.583. The highest BCUT2D eigenvalue weighted by atomic mass is 32.1. The van der Waals surface area contributed by atoms with Crippen LogP contribution in [0.15, 0.2) is 22.8 Å². The summed E-state index contributed by atoms with van der Waals surface area (Å²) in [6, 6.07) is 3.79. The van der Waals surface area contributed by atoms with Gasteiger partial charge in [0.15, 0.2) is 5.11 Å². The number of hydrogen-bond acceptors (Lipinski definition) is 4. The first-order valence-electron chi connectivity index (χ1n) is 6.18. The largest absolute Gasteiger partial charge is 0.467 e. The molecule has 5 nitrogen and oxygen atoms in total. The van der Waals surface area contributed by atoms with E-state index in [9.17, 15) is 0 Å². The van der Waals surface area contributed by atoms with Gasteiger partial charge in [-0.1, -0.05) is 0 Å². The summed E-state index contributed by atoms with van der Waals surface area (Å²) in [5.41, 5.74) is 0. The highest BCUT2D eigenvalue weighted by molar-refractivity contribution is 7.80. The molecule has 0 saturated carbocycles. The van der Waals surface area contributed by atoms with Crippen LogP contribution >= 0.6 is 12.2 Å². The van der Waals surface area contributed by atoms with Gasteiger partial charge in [-0.3, -0.25) is 4.90 Å². The number of β-amino-alcohol motifs (C(OH)–C–C–N with tert-alkyl or cyclic N) is 1. The number of hydrogen-bond donors (Lipinski definition) is 2. The van der Waals surface area contributed by atoms with Crippen molar-refractivity contribution in [3.8, 4) is 0 Å². The maximum atomic E-state index is 8.88. The summed E-state index contributed by atoms with van der Waals surface area (Å²) >= 11 is 5.36. The van der Waals surface area contributed by atoms with Crippen LogP contribution in [0.5, 0.6) is 0 Å². The summed E-state index contributed by atoms with van der Waals surface area (Å²) < 4.78 is 5.24. The van der Waals surface area contributed by atoms with Crippen molar-refractivity contribution in [1.82, 2.24) is 15.1 Å². The smallest absolute Gasteiger partial charge is 0.169 e. The van der Waals surface area contributed by atoms with E-state index in [1.807, 2.05) is 12.1 Å². The molecule has 0 aromatic carbocycles. The Morgan fingerprint density at radius 3 is 2.78 bits per heavy atom. The monoisotopic (exact) mass is 269 g/mol. The number of nitrogens with one attached hydrogen (secondary N) is 1. The Hall–Kier alpha value is -1.11. The number of aliphatic hydroxyl groups is 1. The van der Waals surface area contributed by atoms with Crippen LogP contribution in [0.1, 0.15) is 5.76 Å². The average molecular weight is 269 g/mol. The second-order valence-corrected chi connectivity index (χ2v) is 4.68. The first-order chi connectivity index (χ1) is 8.79. The zero-order chi connectivity index (χ0) is 12.8. The standard InChI is InChI=1S/C12H19N3O2S/c16-8-7-14-3-5-15(6-4-14)12(18)13-10-11-2-1-9-17-11/h1-2,9,16H,3-8,10H2,(H,13,18). The van der Waals surface area contributed by atoms with Gasteiger partial charge in [0, 0.05) is 32.7 Å². The topological polar surface area (TPSA) is 51.9 Å². The number of rotatable bonds is 4. The zero-order valence-corrected chi connectivity index (χ0v) is 11.2. The van der Waals surface area contributed by atoms with E-state index in [-0.39, 0.29) is 6.61 Å². The van der Waals surface area contributed by atoms with Crippen LogP contribution in [0, 0.1) is 0 Å². The van der Waals surface area contributed by atoms with Crippen molar-refractivity contribution < 1.29 is 9.52 Å². The molecule has 2 rings (SSSR count). The minimum atomic E-state index is 0.223. The van der Waals surface area contributed by atoms with Crippen molar-refractivity contribution in [2.24, 2.45) is 0 Å². The van der Waals surface area contributed by atoms with Gasteiger partial charge >= 0.3 is 0 Å². The summed E-state index contributed by atoms with van der Waals surface area (Å²) in [6.07, 6.45) is 1.66. The molecule has 0 unspecified atom stereocenters. The molecule has 2 heterocycles. The quantitative estimate of drug-likeness (QED) is 0.765. The molecule has 0 bridgehead atoms. The molecular weight excluding hydrogens is 250 g/mol. The van der Waals surface area contributed by atoms with Gasteiger partial charge in [0.2, 0.25) is 0 Å². The molecule has 0 amide bonds. The number of nitrogens with zero attached hydrogens (tertiary/aromatic N) is 2. The Labute approximate surface area is 112 Å². The minimum absolute atomic E-state index is 0.223. The summed E-state index contributed by atoms with van der Waals surface area (Å²) in [4.78, 5) is 4.40. The number of aliphatic hydroxyl groups excluding tert-OH is 1. The van der Waals surface area contributed by atoms with Crippen molar-refractivity contribution in [3.63, 3.8) is 0 Å². The SMILES string of the molecule is OCCN1CCN(C(=S)NCc2ccco2)CC1. The molecule has 2 N–H and O–H groups in total. The molecule has 18 heavy (non-hydrogen) atoms. The van der Waals surface area contributed by atoms with Crippen LogP contribution in [0.3, 0.4) is 0 Å². The van der Waals surface area contributed by atoms with Crippen molar-refractivity contribution in [2.45, 2.75) is 6.54 Å². The van der Waals surface area contributed by atoms with Gasteiger partial charge in [-0.15, -0.1) is 0 Å². The molecule has 1 aromatic rings. The minimum Gasteiger partial charge on any atom is -0.467 e. The zero-order valence-electron chi connectivity index (χ0n) is 10.3. The molecule has 0 aliphatic carbocycles. The Bertz CT molecular complexity index is 361. The predicted octanol–water partition coefficient (Wildman–Crippen LogP) is 0.264. The van der Waals surface area contributed by atoms with Gasteiger partial charge in [0.25, 0.3) is 0 Å². The van der Waals surface area contributed by atoms with Crippen molar-refractivity contribution >= 4 is 17.3 Å². The van der Waals surface area contributed by atoms with Crippen LogP contribution in [0.25, 0.3) is 0 Å². The van der Waals surface area contributed by atoms with Crippen LogP contribution in [-0.2, 0) is 6.54 Å². The van der Waals surface area contributed by atoms with E-state index in [0.717, 1.165) is 43.6 Å². The third-order valence-electron chi connectivity index (χ3n) is 3.07. The summed E-state index contributed by atoms with van der Waals surface area (Å²) in [5.74, 6) is 0.885. The molecule has 1 fully saturated rings. The number of piperazine rings is 1. The number of thiocarbonyl (C=S) groups is 1. The molecule has 1 aliphatic heterocycles. The van der Waals surface area contributed by atoms with E-state index in [1.54, 1.807) is 6.26 Å². The van der Waals surface area contributed by atoms with Gasteiger partial charge in [0.1, 0.15) is 5.76 Å². The third kappa shape index (κ3) is 3.69. The Kier molecular flexibility index (Phi) is 4.98. The van der Waals surface area contributed by atoms with Crippen LogP contribution in [0.2, 0.25) is 0 Å². The van der Waals surface area contributed by atoms with E-state index in [0.29, 0.717) is 6.54 Å². The third-order valence-corrected chi connectivity index (χ3v) is 3.47. The van der Waals surface area contributed by atoms with Gasteiger partial charge in [-0.25, -0.2) is 0 Å². The lowest BCUT2D eigenvalue weighted by Gasteiger charge is -2.35. The fourth-order valence-electron chi connectivity index (χ4n) is 2.00. The van der Waals surface area contributed by atoms with E-state index < -0.39 is 0 Å². The molecule has 0 radical (unpaired) electrons. The fourth-order valence-corrected chi connectivity index (χ4v) is 2.26. The van der Waals surface area contributed by atoms with Gasteiger partial charge in [-0.05, 0) is 24.4 Å². The van der Waals surface area contributed by atoms with Gasteiger partial charge in [-0.2, -0.15) is 0 Å². The highest BCUT2D eigenvalue weighted by Crippen LogP contribution is 2.03. The van der Waals surface area contributed by atoms with Crippen LogP contribution in [0.4, 0.5) is 0 Å². The Balaban J connectivity index is 1.70. The summed E-state index contributed by atoms with van der Waals surface area (Å²) in [5, 5.41) is 12.9. The molecular formula is C12H19N3O2S. The second kappa shape index (κ2) is 6.72.